The van der Waals surface area contributed by atoms with Gasteiger partial charge in [-0.2, -0.15) is 10.4 Å². The highest BCUT2D eigenvalue weighted by Gasteiger charge is 2.38. The molecule has 2 aromatic heterocycles. The first kappa shape index (κ1) is 27.5. The molecule has 1 aliphatic rings. The van der Waals surface area contributed by atoms with Crippen LogP contribution in [0.4, 0.5) is 5.69 Å². The maximum Gasteiger partial charge on any atom is 0.259 e. The predicted octanol–water partition coefficient (Wildman–Crippen LogP) is 5.49. The Hall–Kier alpha value is -3.54. The van der Waals surface area contributed by atoms with E-state index in [9.17, 15) is 10.1 Å². The van der Waals surface area contributed by atoms with E-state index in [-0.39, 0.29) is 17.4 Å². The van der Waals surface area contributed by atoms with Gasteiger partial charge in [0.25, 0.3) is 5.91 Å². The van der Waals surface area contributed by atoms with Gasteiger partial charge in [-0.3, -0.25) is 9.78 Å². The van der Waals surface area contributed by atoms with E-state index < -0.39 is 5.41 Å². The van der Waals surface area contributed by atoms with Gasteiger partial charge in [0.05, 0.1) is 71.5 Å². The molecule has 0 unspecified atom stereocenters. The molecule has 1 aromatic carbocycles. The number of rotatable bonds is 8. The number of anilines is 1. The summed E-state index contributed by atoms with van der Waals surface area (Å²) < 4.78 is 12.7. The highest BCUT2D eigenvalue weighted by Crippen LogP contribution is 2.39. The molecular formula is C30H37N5O3. The topological polar surface area (TPSA) is 102 Å². The molecule has 38 heavy (non-hydrogen) atoms. The molecule has 1 aliphatic carbocycles. The van der Waals surface area contributed by atoms with Crippen LogP contribution in [-0.2, 0) is 20.3 Å². The molecule has 1 fully saturated rings. The summed E-state index contributed by atoms with van der Waals surface area (Å²) in [6.07, 6.45) is 6.34. The SMILES string of the molecule is COCCOC1CCC(C#N)(c2ccc(NC(=O)c3cnn(-c4ccc(C(C)(C)C)cc4)c3C)cn2)CC1. The zero-order valence-electron chi connectivity index (χ0n) is 23.0. The molecule has 2 heterocycles. The van der Waals surface area contributed by atoms with Crippen LogP contribution in [0, 0.1) is 18.3 Å². The largest absolute Gasteiger partial charge is 0.382 e. The maximum absolute atomic E-state index is 13.0. The van der Waals surface area contributed by atoms with Crippen molar-refractivity contribution >= 4 is 11.6 Å². The van der Waals surface area contributed by atoms with Gasteiger partial charge in [-0.1, -0.05) is 32.9 Å². The van der Waals surface area contributed by atoms with E-state index in [1.807, 2.05) is 31.2 Å². The molecule has 1 N–H and O–H groups in total. The molecular weight excluding hydrogens is 478 g/mol. The van der Waals surface area contributed by atoms with Gasteiger partial charge < -0.3 is 14.8 Å². The van der Waals surface area contributed by atoms with Gasteiger partial charge in [0.1, 0.15) is 0 Å². The third-order valence-corrected chi connectivity index (χ3v) is 7.39. The lowest BCUT2D eigenvalue weighted by Crippen LogP contribution is -2.34. The lowest BCUT2D eigenvalue weighted by Gasteiger charge is -2.34. The highest BCUT2D eigenvalue weighted by molar-refractivity contribution is 6.04. The Balaban J connectivity index is 1.41. The van der Waals surface area contributed by atoms with E-state index in [0.717, 1.165) is 29.9 Å². The lowest BCUT2D eigenvalue weighted by atomic mass is 9.72. The van der Waals surface area contributed by atoms with Crippen LogP contribution >= 0.6 is 0 Å². The minimum absolute atomic E-state index is 0.0666. The fraction of sp³-hybridized carbons (Fsp3) is 0.467. The van der Waals surface area contributed by atoms with Gasteiger partial charge in [0.2, 0.25) is 0 Å². The third kappa shape index (κ3) is 5.95. The fourth-order valence-corrected chi connectivity index (χ4v) is 4.92. The zero-order chi connectivity index (χ0) is 27.3. The van der Waals surface area contributed by atoms with Crippen molar-refractivity contribution < 1.29 is 14.3 Å². The first-order chi connectivity index (χ1) is 18.2. The summed E-state index contributed by atoms with van der Waals surface area (Å²) in [4.78, 5) is 17.6. The van der Waals surface area contributed by atoms with Gasteiger partial charge in [-0.25, -0.2) is 4.68 Å². The molecule has 0 spiro atoms. The normalized spacial score (nSPS) is 19.6. The lowest BCUT2D eigenvalue weighted by molar-refractivity contribution is -0.00749. The Bertz CT molecular complexity index is 1280. The van der Waals surface area contributed by atoms with Crippen LogP contribution in [-0.4, -0.2) is 47.1 Å². The second-order valence-corrected chi connectivity index (χ2v) is 11.0. The number of amides is 1. The average molecular weight is 516 g/mol. The van der Waals surface area contributed by atoms with E-state index in [1.54, 1.807) is 24.2 Å². The van der Waals surface area contributed by atoms with E-state index >= 15 is 0 Å². The Labute approximate surface area is 225 Å². The number of hydrogen-bond acceptors (Lipinski definition) is 6. The summed E-state index contributed by atoms with van der Waals surface area (Å²) in [5.41, 5.74) is 4.13. The number of carbonyl (C=O) groups excluding carboxylic acids is 1. The molecule has 0 atom stereocenters. The third-order valence-electron chi connectivity index (χ3n) is 7.39. The van der Waals surface area contributed by atoms with Crippen LogP contribution in [0.25, 0.3) is 5.69 Å². The quantitative estimate of drug-likeness (QED) is 0.398. The second-order valence-electron chi connectivity index (χ2n) is 11.0. The molecule has 1 saturated carbocycles. The summed E-state index contributed by atoms with van der Waals surface area (Å²) in [6, 6.07) is 14.4. The summed E-state index contributed by atoms with van der Waals surface area (Å²) in [5.74, 6) is -0.252. The number of hydrogen-bond donors (Lipinski definition) is 1. The van der Waals surface area contributed by atoms with E-state index in [1.165, 1.54) is 5.56 Å². The van der Waals surface area contributed by atoms with Crippen molar-refractivity contribution in [2.45, 2.75) is 70.3 Å². The fourth-order valence-electron chi connectivity index (χ4n) is 4.92. The van der Waals surface area contributed by atoms with Crippen LogP contribution in [0.3, 0.4) is 0 Å². The van der Waals surface area contributed by atoms with Gasteiger partial charge in [-0.15, -0.1) is 0 Å². The molecule has 8 heteroatoms. The van der Waals surface area contributed by atoms with Crippen molar-refractivity contribution in [3.63, 3.8) is 0 Å². The van der Waals surface area contributed by atoms with E-state index in [4.69, 9.17) is 9.47 Å². The molecule has 3 aromatic rings. The van der Waals surface area contributed by atoms with Crippen molar-refractivity contribution in [3.05, 3.63) is 71.3 Å². The summed E-state index contributed by atoms with van der Waals surface area (Å²) in [5, 5.41) is 17.4. The first-order valence-corrected chi connectivity index (χ1v) is 13.1. The minimum Gasteiger partial charge on any atom is -0.382 e. The number of carbonyl (C=O) groups is 1. The zero-order valence-corrected chi connectivity index (χ0v) is 23.0. The number of nitriles is 1. The molecule has 0 radical (unpaired) electrons. The summed E-state index contributed by atoms with van der Waals surface area (Å²) in [6.45, 7) is 9.55. The average Bonchev–Trinajstić information content (AvgIpc) is 3.30. The monoisotopic (exact) mass is 515 g/mol. The van der Waals surface area contributed by atoms with E-state index in [2.05, 4.69) is 54.4 Å². The van der Waals surface area contributed by atoms with Crippen LogP contribution in [0.2, 0.25) is 0 Å². The van der Waals surface area contributed by atoms with Crippen molar-refractivity contribution in [2.24, 2.45) is 0 Å². The van der Waals surface area contributed by atoms with Crippen molar-refractivity contribution in [1.29, 1.82) is 5.26 Å². The Morgan fingerprint density at radius 2 is 1.84 bits per heavy atom. The standard InChI is InChI=1S/C30H37N5O3/c1-21-26(19-33-35(21)24-9-6-22(7-10-24)29(2,3)4)28(36)34-23-8-11-27(32-18-23)30(20-31)14-12-25(13-15-30)38-17-16-37-5/h6-11,18-19,25H,12-17H2,1-5H3,(H,34,36). The molecule has 4 rings (SSSR count). The molecule has 200 valence electrons. The number of pyridine rings is 1. The van der Waals surface area contributed by atoms with Gasteiger partial charge in [0.15, 0.2) is 0 Å². The van der Waals surface area contributed by atoms with Gasteiger partial charge >= 0.3 is 0 Å². The minimum atomic E-state index is -0.635. The molecule has 0 aliphatic heterocycles. The van der Waals surface area contributed by atoms with Crippen molar-refractivity contribution in [1.82, 2.24) is 14.8 Å². The van der Waals surface area contributed by atoms with Crippen LogP contribution in [0.5, 0.6) is 0 Å². The smallest absolute Gasteiger partial charge is 0.259 e. The molecule has 0 saturated heterocycles. The van der Waals surface area contributed by atoms with Crippen molar-refractivity contribution in [3.8, 4) is 11.8 Å². The number of ether oxygens (including phenoxy) is 2. The Kier molecular flexibility index (Phi) is 8.29. The number of aromatic nitrogens is 3. The summed E-state index contributed by atoms with van der Waals surface area (Å²) in [7, 11) is 1.66. The number of methoxy groups -OCH3 is 1. The second kappa shape index (κ2) is 11.5. The molecule has 8 nitrogen and oxygen atoms in total. The van der Waals surface area contributed by atoms with Crippen molar-refractivity contribution in [2.75, 3.05) is 25.6 Å². The van der Waals surface area contributed by atoms with Crippen LogP contribution in [0.1, 0.15) is 73.8 Å². The Morgan fingerprint density at radius 1 is 1.13 bits per heavy atom. The van der Waals surface area contributed by atoms with Crippen LogP contribution < -0.4 is 5.32 Å². The van der Waals surface area contributed by atoms with Crippen LogP contribution in [0.15, 0.2) is 48.8 Å². The maximum atomic E-state index is 13.0. The summed E-state index contributed by atoms with van der Waals surface area (Å²) >= 11 is 0. The van der Waals surface area contributed by atoms with E-state index in [0.29, 0.717) is 37.3 Å². The van der Waals surface area contributed by atoms with Gasteiger partial charge in [0, 0.05) is 7.11 Å². The predicted molar refractivity (Wildman–Crippen MR) is 147 cm³/mol. The highest BCUT2D eigenvalue weighted by atomic mass is 16.5. The number of benzene rings is 1. The number of nitrogens with one attached hydrogen (secondary N) is 1. The van der Waals surface area contributed by atoms with Gasteiger partial charge in [-0.05, 0) is 67.9 Å². The Morgan fingerprint density at radius 3 is 2.42 bits per heavy atom. The first-order valence-electron chi connectivity index (χ1n) is 13.1. The molecule has 0 bridgehead atoms. The number of nitrogens with zero attached hydrogens (tertiary/aromatic N) is 4. The molecule has 1 amide bonds.